The van der Waals surface area contributed by atoms with Gasteiger partial charge in [-0.3, -0.25) is 14.5 Å². The lowest BCUT2D eigenvalue weighted by Gasteiger charge is -2.33. The van der Waals surface area contributed by atoms with Gasteiger partial charge < -0.3 is 10.2 Å². The molecule has 188 valence electrons. The fourth-order valence-corrected chi connectivity index (χ4v) is 6.08. The number of sulfonamides is 1. The summed E-state index contributed by atoms with van der Waals surface area (Å²) in [6, 6.07) is 14.4. The van der Waals surface area contributed by atoms with Crippen LogP contribution in [-0.2, 0) is 27.9 Å². The highest BCUT2D eigenvalue weighted by atomic mass is 32.2. The molecule has 4 rings (SSSR count). The molecule has 8 nitrogen and oxygen atoms in total. The van der Waals surface area contributed by atoms with Crippen molar-refractivity contribution in [3.63, 3.8) is 0 Å². The van der Waals surface area contributed by atoms with Crippen molar-refractivity contribution in [2.24, 2.45) is 0 Å². The number of hydrogen-bond acceptors (Lipinski definition) is 5. The van der Waals surface area contributed by atoms with Crippen LogP contribution < -0.4 is 5.32 Å². The number of piperazine rings is 1. The minimum atomic E-state index is -3.74. The molecule has 0 saturated carbocycles. The van der Waals surface area contributed by atoms with Crippen LogP contribution >= 0.6 is 0 Å². The molecule has 0 unspecified atom stereocenters. The fourth-order valence-electron chi connectivity index (χ4n) is 4.61. The summed E-state index contributed by atoms with van der Waals surface area (Å²) in [5.41, 5.74) is 2.56. The SMILES string of the molecule is CC(=O)N1CCN(S(=O)(=O)c2cccc(C(=O)NCc3ccc(CN4CCCCC4)cc3)c2)CC1. The molecule has 2 saturated heterocycles. The zero-order valence-electron chi connectivity index (χ0n) is 20.3. The van der Waals surface area contributed by atoms with Gasteiger partial charge in [0.05, 0.1) is 4.90 Å². The van der Waals surface area contributed by atoms with Crippen molar-refractivity contribution >= 4 is 21.8 Å². The van der Waals surface area contributed by atoms with E-state index in [0.717, 1.165) is 25.2 Å². The van der Waals surface area contributed by atoms with Crippen molar-refractivity contribution < 1.29 is 18.0 Å². The van der Waals surface area contributed by atoms with E-state index >= 15 is 0 Å². The quantitative estimate of drug-likeness (QED) is 0.633. The Morgan fingerprint density at radius 3 is 2.17 bits per heavy atom. The van der Waals surface area contributed by atoms with E-state index in [4.69, 9.17) is 0 Å². The van der Waals surface area contributed by atoms with Gasteiger partial charge in [0.1, 0.15) is 0 Å². The van der Waals surface area contributed by atoms with Gasteiger partial charge in [-0.25, -0.2) is 8.42 Å². The first-order valence-corrected chi connectivity index (χ1v) is 13.7. The Hall–Kier alpha value is -2.75. The van der Waals surface area contributed by atoms with Crippen molar-refractivity contribution in [3.8, 4) is 0 Å². The van der Waals surface area contributed by atoms with Crippen molar-refractivity contribution in [2.45, 2.75) is 44.2 Å². The second-order valence-corrected chi connectivity index (χ2v) is 11.2. The third-order valence-corrected chi connectivity index (χ3v) is 8.64. The summed E-state index contributed by atoms with van der Waals surface area (Å²) in [7, 11) is -3.74. The van der Waals surface area contributed by atoms with Crippen LogP contribution in [0.15, 0.2) is 53.4 Å². The Morgan fingerprint density at radius 2 is 1.51 bits per heavy atom. The van der Waals surface area contributed by atoms with Crippen LogP contribution in [0.3, 0.4) is 0 Å². The van der Waals surface area contributed by atoms with Gasteiger partial charge in [0.15, 0.2) is 0 Å². The van der Waals surface area contributed by atoms with E-state index in [1.165, 1.54) is 48.2 Å². The van der Waals surface area contributed by atoms with Gasteiger partial charge in [-0.2, -0.15) is 4.31 Å². The zero-order chi connectivity index (χ0) is 24.8. The molecule has 0 aliphatic carbocycles. The monoisotopic (exact) mass is 498 g/mol. The molecule has 1 N–H and O–H groups in total. The number of piperidine rings is 1. The second kappa shape index (κ2) is 11.3. The first-order valence-electron chi connectivity index (χ1n) is 12.3. The Labute approximate surface area is 207 Å². The molecule has 2 aliphatic rings. The van der Waals surface area contributed by atoms with Crippen LogP contribution in [-0.4, -0.2) is 73.6 Å². The lowest BCUT2D eigenvalue weighted by molar-refractivity contribution is -0.129. The molecule has 2 aromatic rings. The van der Waals surface area contributed by atoms with Crippen LogP contribution in [0.2, 0.25) is 0 Å². The van der Waals surface area contributed by atoms with Crippen LogP contribution in [0.4, 0.5) is 0 Å². The number of nitrogens with zero attached hydrogens (tertiary/aromatic N) is 3. The Kier molecular flexibility index (Phi) is 8.20. The summed E-state index contributed by atoms with van der Waals surface area (Å²) < 4.78 is 27.5. The molecular weight excluding hydrogens is 464 g/mol. The minimum Gasteiger partial charge on any atom is -0.348 e. The number of carbonyl (C=O) groups is 2. The topological polar surface area (TPSA) is 90.0 Å². The van der Waals surface area contributed by atoms with E-state index in [9.17, 15) is 18.0 Å². The number of nitrogens with one attached hydrogen (secondary N) is 1. The molecule has 2 aromatic carbocycles. The van der Waals surface area contributed by atoms with Crippen molar-refractivity contribution in [1.82, 2.24) is 19.4 Å². The summed E-state index contributed by atoms with van der Waals surface area (Å²) in [5, 5.41) is 2.89. The van der Waals surface area contributed by atoms with E-state index in [1.807, 2.05) is 12.1 Å². The van der Waals surface area contributed by atoms with Crippen LogP contribution in [0, 0.1) is 0 Å². The Bertz CT molecular complexity index is 1140. The molecule has 0 bridgehead atoms. The molecule has 2 heterocycles. The molecule has 0 aromatic heterocycles. The third kappa shape index (κ3) is 6.48. The molecule has 9 heteroatoms. The largest absolute Gasteiger partial charge is 0.348 e. The van der Waals surface area contributed by atoms with E-state index < -0.39 is 10.0 Å². The summed E-state index contributed by atoms with van der Waals surface area (Å²) in [4.78, 5) is 28.5. The van der Waals surface area contributed by atoms with Crippen molar-refractivity contribution in [3.05, 3.63) is 65.2 Å². The van der Waals surface area contributed by atoms with Gasteiger partial charge in [0, 0.05) is 51.8 Å². The number of rotatable bonds is 7. The number of hydrogen-bond donors (Lipinski definition) is 1. The molecule has 2 aliphatic heterocycles. The van der Waals surface area contributed by atoms with Crippen molar-refractivity contribution in [2.75, 3.05) is 39.3 Å². The standard InChI is InChI=1S/C26H34N4O4S/c1-21(31)29-14-16-30(17-15-29)35(33,34)25-7-5-6-24(18-25)26(32)27-19-22-8-10-23(11-9-22)20-28-12-3-2-4-13-28/h5-11,18H,2-4,12-17,19-20H2,1H3,(H,27,32). The first kappa shape index (κ1) is 25.3. The average Bonchev–Trinajstić information content (AvgIpc) is 2.89. The highest BCUT2D eigenvalue weighted by molar-refractivity contribution is 7.89. The van der Waals surface area contributed by atoms with Gasteiger partial charge in [-0.15, -0.1) is 0 Å². The number of likely N-dealkylation sites (tertiary alicyclic amines) is 1. The van der Waals surface area contributed by atoms with E-state index in [2.05, 4.69) is 22.3 Å². The van der Waals surface area contributed by atoms with Crippen LogP contribution in [0.25, 0.3) is 0 Å². The number of amides is 2. The molecule has 0 radical (unpaired) electrons. The van der Waals surface area contributed by atoms with Gasteiger partial charge in [0.2, 0.25) is 15.9 Å². The van der Waals surface area contributed by atoms with E-state index in [1.54, 1.807) is 17.0 Å². The second-order valence-electron chi connectivity index (χ2n) is 9.27. The fraction of sp³-hybridized carbons (Fsp3) is 0.462. The van der Waals surface area contributed by atoms with Gasteiger partial charge in [0.25, 0.3) is 5.91 Å². The molecule has 2 fully saturated rings. The maximum atomic E-state index is 13.1. The lowest BCUT2D eigenvalue weighted by Crippen LogP contribution is -2.49. The number of carbonyl (C=O) groups excluding carboxylic acids is 2. The first-order chi connectivity index (χ1) is 16.8. The molecule has 2 amide bonds. The molecule has 0 atom stereocenters. The highest BCUT2D eigenvalue weighted by Crippen LogP contribution is 2.19. The maximum absolute atomic E-state index is 13.1. The summed E-state index contributed by atoms with van der Waals surface area (Å²) in [6.07, 6.45) is 3.86. The van der Waals surface area contributed by atoms with Gasteiger partial charge >= 0.3 is 0 Å². The Balaban J connectivity index is 1.33. The summed E-state index contributed by atoms with van der Waals surface area (Å²) in [5.74, 6) is -0.377. The molecule has 35 heavy (non-hydrogen) atoms. The molecular formula is C26H34N4O4S. The summed E-state index contributed by atoms with van der Waals surface area (Å²) >= 11 is 0. The van der Waals surface area contributed by atoms with E-state index in [0.29, 0.717) is 25.2 Å². The number of benzene rings is 2. The predicted octanol–water partition coefficient (Wildman–Crippen LogP) is 2.46. The zero-order valence-corrected chi connectivity index (χ0v) is 21.1. The van der Waals surface area contributed by atoms with E-state index in [-0.39, 0.29) is 29.8 Å². The predicted molar refractivity (Wildman–Crippen MR) is 134 cm³/mol. The van der Waals surface area contributed by atoms with Gasteiger partial charge in [-0.05, 0) is 55.3 Å². The van der Waals surface area contributed by atoms with Gasteiger partial charge in [-0.1, -0.05) is 36.8 Å². The highest BCUT2D eigenvalue weighted by Gasteiger charge is 2.29. The third-order valence-electron chi connectivity index (χ3n) is 6.75. The normalized spacial score (nSPS) is 17.8. The average molecular weight is 499 g/mol. The minimum absolute atomic E-state index is 0.0580. The van der Waals surface area contributed by atoms with Crippen LogP contribution in [0.1, 0.15) is 47.7 Å². The van der Waals surface area contributed by atoms with Crippen molar-refractivity contribution in [1.29, 1.82) is 0 Å². The van der Waals surface area contributed by atoms with Crippen LogP contribution in [0.5, 0.6) is 0 Å². The lowest BCUT2D eigenvalue weighted by atomic mass is 10.1. The smallest absolute Gasteiger partial charge is 0.251 e. The maximum Gasteiger partial charge on any atom is 0.251 e. The Morgan fingerprint density at radius 1 is 0.857 bits per heavy atom. The summed E-state index contributed by atoms with van der Waals surface area (Å²) in [6.45, 7) is 6.33. The molecule has 0 spiro atoms.